The Balaban J connectivity index is 2.01. The topological polar surface area (TPSA) is 20.2 Å². The van der Waals surface area contributed by atoms with Crippen LogP contribution in [0.25, 0.3) is 0 Å². The van der Waals surface area contributed by atoms with Crippen LogP contribution in [0.2, 0.25) is 5.02 Å². The van der Waals surface area contributed by atoms with E-state index in [0.717, 1.165) is 37.2 Å². The monoisotopic (exact) mass is 284 g/mol. The van der Waals surface area contributed by atoms with Gasteiger partial charge >= 0.3 is 0 Å². The predicted molar refractivity (Wildman–Crippen MR) is 76.9 cm³/mol. The fraction of sp³-hybridized carbons (Fsp3) is 0.625. The van der Waals surface area contributed by atoms with Crippen molar-refractivity contribution in [3.8, 4) is 0 Å². The zero-order chi connectivity index (χ0) is 13.8. The molecule has 1 nitrogen and oxygen atoms in total. The van der Waals surface area contributed by atoms with Gasteiger partial charge in [-0.25, -0.2) is 4.39 Å². The SMILES string of the molecule is CCCC1CCC(O)C(Cc2ccc(F)c(Cl)c2)C1. The minimum atomic E-state index is -0.376. The highest BCUT2D eigenvalue weighted by molar-refractivity contribution is 6.30. The third-order valence-electron chi connectivity index (χ3n) is 4.23. The Morgan fingerprint density at radius 3 is 2.84 bits per heavy atom. The van der Waals surface area contributed by atoms with Crippen molar-refractivity contribution in [2.75, 3.05) is 0 Å². The van der Waals surface area contributed by atoms with Crippen molar-refractivity contribution in [2.45, 2.75) is 51.6 Å². The zero-order valence-electron chi connectivity index (χ0n) is 11.4. The molecule has 1 saturated carbocycles. The van der Waals surface area contributed by atoms with Gasteiger partial charge < -0.3 is 5.11 Å². The van der Waals surface area contributed by atoms with Crippen LogP contribution in [0.1, 0.15) is 44.6 Å². The van der Waals surface area contributed by atoms with E-state index in [1.165, 1.54) is 18.9 Å². The molecule has 1 fully saturated rings. The quantitative estimate of drug-likeness (QED) is 0.857. The summed E-state index contributed by atoms with van der Waals surface area (Å²) in [6, 6.07) is 4.88. The maximum absolute atomic E-state index is 13.1. The molecular formula is C16H22ClFO. The molecule has 0 heterocycles. The Labute approximate surface area is 119 Å². The van der Waals surface area contributed by atoms with E-state index in [9.17, 15) is 9.50 Å². The smallest absolute Gasteiger partial charge is 0.141 e. The van der Waals surface area contributed by atoms with Gasteiger partial charge in [0.25, 0.3) is 0 Å². The second-order valence-corrected chi connectivity index (χ2v) is 6.15. The van der Waals surface area contributed by atoms with Gasteiger partial charge in [0.2, 0.25) is 0 Å². The number of hydrogen-bond donors (Lipinski definition) is 1. The number of rotatable bonds is 4. The van der Waals surface area contributed by atoms with E-state index in [1.807, 2.05) is 0 Å². The van der Waals surface area contributed by atoms with Crippen LogP contribution in [0.5, 0.6) is 0 Å². The Morgan fingerprint density at radius 1 is 1.37 bits per heavy atom. The lowest BCUT2D eigenvalue weighted by atomic mass is 9.75. The summed E-state index contributed by atoms with van der Waals surface area (Å²) in [5.74, 6) is 0.639. The van der Waals surface area contributed by atoms with Crippen molar-refractivity contribution in [3.05, 3.63) is 34.6 Å². The number of hydrogen-bond acceptors (Lipinski definition) is 1. The molecule has 0 aromatic heterocycles. The number of aliphatic hydroxyl groups is 1. The molecule has 3 heteroatoms. The van der Waals surface area contributed by atoms with Gasteiger partial charge in [-0.2, -0.15) is 0 Å². The summed E-state index contributed by atoms with van der Waals surface area (Å²) in [5.41, 5.74) is 1.02. The number of aliphatic hydroxyl groups excluding tert-OH is 1. The molecule has 106 valence electrons. The van der Waals surface area contributed by atoms with Crippen LogP contribution < -0.4 is 0 Å². The Morgan fingerprint density at radius 2 is 2.16 bits per heavy atom. The molecule has 1 aromatic rings. The molecular weight excluding hydrogens is 263 g/mol. The maximum atomic E-state index is 13.1. The highest BCUT2D eigenvalue weighted by atomic mass is 35.5. The van der Waals surface area contributed by atoms with E-state index < -0.39 is 0 Å². The first-order chi connectivity index (χ1) is 9.10. The second kappa shape index (κ2) is 6.71. The van der Waals surface area contributed by atoms with E-state index in [2.05, 4.69) is 6.92 Å². The normalized spacial score (nSPS) is 27.5. The average Bonchev–Trinajstić information content (AvgIpc) is 2.38. The number of halogens is 2. The molecule has 2 rings (SSSR count). The Bertz CT molecular complexity index is 421. The molecule has 0 saturated heterocycles. The van der Waals surface area contributed by atoms with Crippen molar-refractivity contribution >= 4 is 11.6 Å². The molecule has 1 aromatic carbocycles. The molecule has 0 aliphatic heterocycles. The van der Waals surface area contributed by atoms with Gasteiger partial charge in [-0.05, 0) is 55.2 Å². The first-order valence-corrected chi connectivity index (χ1v) is 7.60. The van der Waals surface area contributed by atoms with Crippen LogP contribution >= 0.6 is 11.6 Å². The lowest BCUT2D eigenvalue weighted by molar-refractivity contribution is 0.0463. The minimum Gasteiger partial charge on any atom is -0.393 e. The van der Waals surface area contributed by atoms with Gasteiger partial charge in [0.05, 0.1) is 11.1 Å². The van der Waals surface area contributed by atoms with E-state index in [-0.39, 0.29) is 22.9 Å². The van der Waals surface area contributed by atoms with Crippen molar-refractivity contribution < 1.29 is 9.50 Å². The average molecular weight is 285 g/mol. The fourth-order valence-electron chi connectivity index (χ4n) is 3.20. The highest BCUT2D eigenvalue weighted by Gasteiger charge is 2.28. The molecule has 1 N–H and O–H groups in total. The molecule has 0 spiro atoms. The molecule has 19 heavy (non-hydrogen) atoms. The summed E-state index contributed by atoms with van der Waals surface area (Å²) in [6.07, 6.45) is 6.12. The van der Waals surface area contributed by atoms with Crippen LogP contribution in [-0.2, 0) is 6.42 Å². The highest BCUT2D eigenvalue weighted by Crippen LogP contribution is 2.34. The molecule has 1 aliphatic carbocycles. The van der Waals surface area contributed by atoms with E-state index >= 15 is 0 Å². The van der Waals surface area contributed by atoms with Crippen LogP contribution in [0.4, 0.5) is 4.39 Å². The lowest BCUT2D eigenvalue weighted by Gasteiger charge is -2.33. The van der Waals surface area contributed by atoms with Crippen LogP contribution in [-0.4, -0.2) is 11.2 Å². The first kappa shape index (κ1) is 14.8. The fourth-order valence-corrected chi connectivity index (χ4v) is 3.41. The maximum Gasteiger partial charge on any atom is 0.141 e. The van der Waals surface area contributed by atoms with Crippen molar-refractivity contribution in [1.29, 1.82) is 0 Å². The van der Waals surface area contributed by atoms with Crippen LogP contribution in [0.15, 0.2) is 18.2 Å². The third-order valence-corrected chi connectivity index (χ3v) is 4.52. The standard InChI is InChI=1S/C16H22ClFO/c1-2-3-11-5-7-16(19)13(8-11)9-12-4-6-15(18)14(17)10-12/h4,6,10-11,13,16,19H,2-3,5,7-9H2,1H3. The van der Waals surface area contributed by atoms with Crippen molar-refractivity contribution in [1.82, 2.24) is 0 Å². The second-order valence-electron chi connectivity index (χ2n) is 5.75. The van der Waals surface area contributed by atoms with Gasteiger partial charge in [0.15, 0.2) is 0 Å². The zero-order valence-corrected chi connectivity index (χ0v) is 12.2. The molecule has 0 amide bonds. The molecule has 0 radical (unpaired) electrons. The summed E-state index contributed by atoms with van der Waals surface area (Å²) in [7, 11) is 0. The summed E-state index contributed by atoms with van der Waals surface area (Å²) in [4.78, 5) is 0. The van der Waals surface area contributed by atoms with Gasteiger partial charge in [-0.15, -0.1) is 0 Å². The van der Waals surface area contributed by atoms with Crippen molar-refractivity contribution in [3.63, 3.8) is 0 Å². The van der Waals surface area contributed by atoms with Gasteiger partial charge in [-0.1, -0.05) is 37.4 Å². The Kier molecular flexibility index (Phi) is 5.23. The van der Waals surface area contributed by atoms with Crippen molar-refractivity contribution in [2.24, 2.45) is 11.8 Å². The number of benzene rings is 1. The summed E-state index contributed by atoms with van der Waals surface area (Å²) < 4.78 is 13.1. The molecule has 0 bridgehead atoms. The van der Waals surface area contributed by atoms with E-state index in [4.69, 9.17) is 11.6 Å². The van der Waals surface area contributed by atoms with Gasteiger partial charge in [0, 0.05) is 0 Å². The summed E-state index contributed by atoms with van der Waals surface area (Å²) >= 11 is 5.81. The minimum absolute atomic E-state index is 0.174. The molecule has 3 atom stereocenters. The van der Waals surface area contributed by atoms with Gasteiger partial charge in [0.1, 0.15) is 5.82 Å². The summed E-state index contributed by atoms with van der Waals surface area (Å²) in [5, 5.41) is 10.3. The lowest BCUT2D eigenvalue weighted by Crippen LogP contribution is -2.30. The first-order valence-electron chi connectivity index (χ1n) is 7.22. The van der Waals surface area contributed by atoms with Crippen LogP contribution in [0, 0.1) is 17.7 Å². The van der Waals surface area contributed by atoms with E-state index in [1.54, 1.807) is 12.1 Å². The van der Waals surface area contributed by atoms with Crippen LogP contribution in [0.3, 0.4) is 0 Å². The molecule has 3 unspecified atom stereocenters. The molecule has 1 aliphatic rings. The predicted octanol–water partition coefficient (Wildman–Crippen LogP) is 4.60. The van der Waals surface area contributed by atoms with E-state index in [0.29, 0.717) is 0 Å². The Hall–Kier alpha value is -0.600. The largest absolute Gasteiger partial charge is 0.393 e. The summed E-state index contributed by atoms with van der Waals surface area (Å²) in [6.45, 7) is 2.21. The van der Waals surface area contributed by atoms with Gasteiger partial charge in [-0.3, -0.25) is 0 Å². The third kappa shape index (κ3) is 3.93.